The quantitative estimate of drug-likeness (QED) is 0.246. The van der Waals surface area contributed by atoms with Gasteiger partial charge in [0.1, 0.15) is 6.10 Å². The number of carbonyl (C=O) groups is 3. The number of carboxylic acids is 2. The average molecular weight is 597 g/mol. The predicted octanol–water partition coefficient (Wildman–Crippen LogP) is 8.00. The summed E-state index contributed by atoms with van der Waals surface area (Å²) in [6.07, 6.45) is 10.3. The van der Waals surface area contributed by atoms with E-state index < -0.39 is 28.7 Å². The van der Waals surface area contributed by atoms with Crippen molar-refractivity contribution in [3.8, 4) is 0 Å². The Kier molecular flexibility index (Phi) is 7.12. The first-order chi connectivity index (χ1) is 19.9. The summed E-state index contributed by atoms with van der Waals surface area (Å²) < 4.78 is 6.33. The normalized spacial score (nSPS) is 49.2. The SMILES string of the molecule is C=C(C)[C@@H]1CCC2(C(=O)O)CCC3C(CCC4[C@@]3(C)CCC3C(C)(C)[C@@H](OC(=O)C5CC(C(=O)O)C5(C)C)CC[C@@]34C)C12. The molecule has 8 unspecified atom stereocenters. The van der Waals surface area contributed by atoms with Gasteiger partial charge in [0.05, 0.1) is 17.3 Å². The molecule has 0 heterocycles. The van der Waals surface area contributed by atoms with Gasteiger partial charge in [-0.25, -0.2) is 0 Å². The van der Waals surface area contributed by atoms with Crippen LogP contribution in [-0.4, -0.2) is 34.2 Å². The minimum Gasteiger partial charge on any atom is -0.481 e. The maximum atomic E-state index is 13.4. The second kappa shape index (κ2) is 9.82. The van der Waals surface area contributed by atoms with Crippen LogP contribution in [0.15, 0.2) is 12.2 Å². The molecule has 6 saturated carbocycles. The molecule has 2 N–H and O–H groups in total. The van der Waals surface area contributed by atoms with Gasteiger partial charge in [0.25, 0.3) is 0 Å². The van der Waals surface area contributed by atoms with Gasteiger partial charge < -0.3 is 14.9 Å². The third-order valence-corrected chi connectivity index (χ3v) is 15.7. The van der Waals surface area contributed by atoms with Crippen LogP contribution in [0.1, 0.15) is 119 Å². The van der Waals surface area contributed by atoms with Crippen LogP contribution in [0.25, 0.3) is 0 Å². The predicted molar refractivity (Wildman–Crippen MR) is 165 cm³/mol. The minimum absolute atomic E-state index is 0.152. The Morgan fingerprint density at radius 3 is 2.00 bits per heavy atom. The molecule has 12 atom stereocenters. The van der Waals surface area contributed by atoms with Gasteiger partial charge in [-0.1, -0.05) is 53.7 Å². The molecule has 6 fully saturated rings. The van der Waals surface area contributed by atoms with E-state index in [4.69, 9.17) is 4.74 Å². The lowest BCUT2D eigenvalue weighted by molar-refractivity contribution is -0.228. The number of carbonyl (C=O) groups excluding carboxylic acids is 1. The van der Waals surface area contributed by atoms with E-state index in [2.05, 4.69) is 41.2 Å². The second-order valence-electron chi connectivity index (χ2n) is 17.8. The third-order valence-electron chi connectivity index (χ3n) is 15.7. The molecule has 0 aliphatic heterocycles. The van der Waals surface area contributed by atoms with Crippen LogP contribution in [-0.2, 0) is 19.1 Å². The molecule has 0 radical (unpaired) electrons. The number of fused-ring (bicyclic) bond motifs is 7. The first kappa shape index (κ1) is 31.1. The van der Waals surface area contributed by atoms with Crippen molar-refractivity contribution in [1.82, 2.24) is 0 Å². The number of carboxylic acid groups (broad SMARTS) is 2. The Morgan fingerprint density at radius 2 is 1.40 bits per heavy atom. The van der Waals surface area contributed by atoms with Crippen molar-refractivity contribution in [3.63, 3.8) is 0 Å². The molecule has 0 amide bonds. The lowest BCUT2D eigenvalue weighted by Gasteiger charge is -2.69. The van der Waals surface area contributed by atoms with Gasteiger partial charge in [-0.05, 0) is 129 Å². The van der Waals surface area contributed by atoms with Crippen LogP contribution in [0, 0.1) is 74.4 Å². The Morgan fingerprint density at radius 1 is 0.744 bits per heavy atom. The number of allylic oxidation sites excluding steroid dienone is 1. The molecule has 0 saturated heterocycles. The van der Waals surface area contributed by atoms with Crippen LogP contribution in [0.3, 0.4) is 0 Å². The van der Waals surface area contributed by atoms with E-state index in [1.54, 1.807) is 0 Å². The van der Waals surface area contributed by atoms with E-state index in [0.717, 1.165) is 64.2 Å². The van der Waals surface area contributed by atoms with E-state index in [9.17, 15) is 24.6 Å². The Bertz CT molecular complexity index is 1220. The molecular formula is C37H56O6. The molecule has 0 aromatic rings. The highest BCUT2D eigenvalue weighted by molar-refractivity contribution is 5.81. The highest BCUT2D eigenvalue weighted by atomic mass is 16.5. The number of hydrogen-bond donors (Lipinski definition) is 2. The summed E-state index contributed by atoms with van der Waals surface area (Å²) in [5.41, 5.74) is 0.209. The first-order valence-electron chi connectivity index (χ1n) is 17.2. The fourth-order valence-electron chi connectivity index (χ4n) is 13.3. The number of aliphatic carboxylic acids is 2. The molecule has 43 heavy (non-hydrogen) atoms. The van der Waals surface area contributed by atoms with Crippen LogP contribution in [0.2, 0.25) is 0 Å². The van der Waals surface area contributed by atoms with E-state index in [1.165, 1.54) is 5.57 Å². The molecule has 0 aromatic carbocycles. The highest BCUT2D eigenvalue weighted by Gasteiger charge is 2.69. The second-order valence-corrected chi connectivity index (χ2v) is 17.8. The van der Waals surface area contributed by atoms with E-state index >= 15 is 0 Å². The van der Waals surface area contributed by atoms with Gasteiger partial charge in [-0.2, -0.15) is 0 Å². The zero-order valence-corrected chi connectivity index (χ0v) is 27.7. The molecule has 0 aromatic heterocycles. The molecule has 6 heteroatoms. The summed E-state index contributed by atoms with van der Waals surface area (Å²) in [6.45, 7) is 20.0. The molecule has 6 aliphatic rings. The zero-order chi connectivity index (χ0) is 31.5. The first-order valence-corrected chi connectivity index (χ1v) is 17.2. The smallest absolute Gasteiger partial charge is 0.309 e. The van der Waals surface area contributed by atoms with Crippen LogP contribution in [0.5, 0.6) is 0 Å². The fourth-order valence-corrected chi connectivity index (χ4v) is 13.3. The van der Waals surface area contributed by atoms with Crippen molar-refractivity contribution in [3.05, 3.63) is 12.2 Å². The standard InChI is InChI=1S/C37H56O6/c1-20(2)21-11-17-37(32(41)42)18-12-23-22(29(21)37)9-10-27-35(23,7)15-13-26-34(5,6)28(14-16-36(26,27)8)43-31(40)25-19-24(30(38)39)33(25,3)4/h21-29H,1,9-19H2,2-8H3,(H,38,39)(H,41,42)/t21-,22?,23?,24?,25?,26?,27?,28-,29?,35-,36-,37?/m0/s1. The number of ether oxygens (including phenoxy) is 1. The highest BCUT2D eigenvalue weighted by Crippen LogP contribution is 2.74. The lowest BCUT2D eigenvalue weighted by atomic mass is 9.36. The van der Waals surface area contributed by atoms with Crippen LogP contribution in [0.4, 0.5) is 0 Å². The van der Waals surface area contributed by atoms with E-state index in [-0.39, 0.29) is 40.2 Å². The summed E-state index contributed by atoms with van der Waals surface area (Å²) in [6, 6.07) is 0. The lowest BCUT2D eigenvalue weighted by Crippen LogP contribution is -2.64. The van der Waals surface area contributed by atoms with E-state index in [1.807, 2.05) is 13.8 Å². The number of hydrogen-bond acceptors (Lipinski definition) is 4. The number of rotatable bonds is 5. The molecule has 0 spiro atoms. The largest absolute Gasteiger partial charge is 0.481 e. The van der Waals surface area contributed by atoms with Crippen LogP contribution >= 0.6 is 0 Å². The molecule has 240 valence electrons. The Labute approximate surface area is 258 Å². The van der Waals surface area contributed by atoms with Crippen molar-refractivity contribution in [2.24, 2.45) is 74.4 Å². The topological polar surface area (TPSA) is 101 Å². The maximum Gasteiger partial charge on any atom is 0.309 e. The van der Waals surface area contributed by atoms with Crippen LogP contribution < -0.4 is 0 Å². The van der Waals surface area contributed by atoms with Gasteiger partial charge in [-0.3, -0.25) is 14.4 Å². The fraction of sp³-hybridized carbons (Fsp3) is 0.865. The summed E-state index contributed by atoms with van der Waals surface area (Å²) in [4.78, 5) is 37.9. The van der Waals surface area contributed by atoms with Crippen molar-refractivity contribution in [1.29, 1.82) is 0 Å². The van der Waals surface area contributed by atoms with Gasteiger partial charge in [-0.15, -0.1) is 0 Å². The molecule has 6 rings (SSSR count). The van der Waals surface area contributed by atoms with Crippen molar-refractivity contribution in [2.75, 3.05) is 0 Å². The molecule has 6 nitrogen and oxygen atoms in total. The Hall–Kier alpha value is -1.85. The average Bonchev–Trinajstić information content (AvgIpc) is 3.31. The summed E-state index contributed by atoms with van der Waals surface area (Å²) in [7, 11) is 0. The van der Waals surface area contributed by atoms with Gasteiger partial charge in [0, 0.05) is 5.41 Å². The van der Waals surface area contributed by atoms with Crippen molar-refractivity contribution < 1.29 is 29.3 Å². The van der Waals surface area contributed by atoms with Gasteiger partial charge >= 0.3 is 17.9 Å². The molecular weight excluding hydrogens is 540 g/mol. The monoisotopic (exact) mass is 596 g/mol. The van der Waals surface area contributed by atoms with E-state index in [0.29, 0.717) is 36.0 Å². The van der Waals surface area contributed by atoms with Crippen molar-refractivity contribution >= 4 is 17.9 Å². The maximum absolute atomic E-state index is 13.4. The molecule has 0 bridgehead atoms. The summed E-state index contributed by atoms with van der Waals surface area (Å²) >= 11 is 0. The molecule has 6 aliphatic carbocycles. The Balaban J connectivity index is 1.22. The third kappa shape index (κ3) is 4.12. The van der Waals surface area contributed by atoms with Crippen molar-refractivity contribution in [2.45, 2.75) is 125 Å². The summed E-state index contributed by atoms with van der Waals surface area (Å²) in [5.74, 6) is 0.137. The van der Waals surface area contributed by atoms with Gasteiger partial charge in [0.15, 0.2) is 0 Å². The number of esters is 1. The van der Waals surface area contributed by atoms with Gasteiger partial charge in [0.2, 0.25) is 0 Å². The summed E-state index contributed by atoms with van der Waals surface area (Å²) in [5, 5.41) is 20.1. The minimum atomic E-state index is -0.822. The zero-order valence-electron chi connectivity index (χ0n) is 27.7.